The predicted molar refractivity (Wildman–Crippen MR) is 37.6 cm³/mol. The van der Waals surface area contributed by atoms with E-state index in [1.165, 1.54) is 0 Å². The molecule has 58 valence electrons. The van der Waals surface area contributed by atoms with Crippen LogP contribution < -0.4 is 0 Å². The maximum absolute atomic E-state index is 10.2. The molecule has 0 saturated heterocycles. The molecule has 0 aromatic carbocycles. The van der Waals surface area contributed by atoms with E-state index in [2.05, 4.69) is 6.58 Å². The van der Waals surface area contributed by atoms with Crippen molar-refractivity contribution in [1.82, 2.24) is 0 Å². The minimum absolute atomic E-state index is 0.0939. The number of rotatable bonds is 3. The van der Waals surface area contributed by atoms with E-state index < -0.39 is 12.1 Å². The van der Waals surface area contributed by atoms with Crippen LogP contribution >= 0.6 is 0 Å². The molecule has 3 heteroatoms. The number of aliphatic carboxylic acids is 1. The summed E-state index contributed by atoms with van der Waals surface area (Å²) >= 11 is 0. The number of aliphatic hydroxyl groups excluding tert-OH is 1. The van der Waals surface area contributed by atoms with Gasteiger partial charge in [-0.2, -0.15) is 0 Å². The summed E-state index contributed by atoms with van der Waals surface area (Å²) in [5.74, 6) is -1.23. The Morgan fingerprint density at radius 3 is 2.00 bits per heavy atom. The summed E-state index contributed by atoms with van der Waals surface area (Å²) in [6.45, 7) is 6.70. The van der Waals surface area contributed by atoms with Crippen LogP contribution in [0.25, 0.3) is 0 Å². The minimum Gasteiger partial charge on any atom is -0.478 e. The van der Waals surface area contributed by atoms with Gasteiger partial charge in [-0.05, 0) is 5.92 Å². The number of aliphatic hydroxyl groups is 1. The van der Waals surface area contributed by atoms with Crippen molar-refractivity contribution in [1.29, 1.82) is 0 Å². The molecule has 0 bridgehead atoms. The topological polar surface area (TPSA) is 57.5 Å². The molecule has 0 aromatic heterocycles. The molecule has 0 aliphatic rings. The van der Waals surface area contributed by atoms with Crippen LogP contribution in [0, 0.1) is 5.92 Å². The molecule has 0 amide bonds. The van der Waals surface area contributed by atoms with Gasteiger partial charge in [-0.15, -0.1) is 0 Å². The summed E-state index contributed by atoms with van der Waals surface area (Å²) in [7, 11) is 0. The van der Waals surface area contributed by atoms with Gasteiger partial charge in [0.05, 0.1) is 11.7 Å². The van der Waals surface area contributed by atoms with E-state index in [9.17, 15) is 4.79 Å². The Hall–Kier alpha value is -0.830. The highest BCUT2D eigenvalue weighted by Crippen LogP contribution is 2.09. The van der Waals surface area contributed by atoms with Crippen molar-refractivity contribution in [2.24, 2.45) is 5.92 Å². The Labute approximate surface area is 60.0 Å². The van der Waals surface area contributed by atoms with E-state index in [1.54, 1.807) is 13.8 Å². The van der Waals surface area contributed by atoms with Crippen LogP contribution in [0.2, 0.25) is 0 Å². The Kier molecular flexibility index (Phi) is 3.09. The smallest absolute Gasteiger partial charge is 0.333 e. The summed E-state index contributed by atoms with van der Waals surface area (Å²) in [5.41, 5.74) is -0.144. The Bertz CT molecular complexity index is 149. The second-order valence-electron chi connectivity index (χ2n) is 2.52. The van der Waals surface area contributed by atoms with Gasteiger partial charge in [0.15, 0.2) is 0 Å². The highest BCUT2D eigenvalue weighted by Gasteiger charge is 2.17. The Morgan fingerprint density at radius 1 is 1.50 bits per heavy atom. The molecule has 0 heterocycles. The summed E-state index contributed by atoms with van der Waals surface area (Å²) in [5, 5.41) is 17.4. The minimum atomic E-state index is -1.14. The van der Waals surface area contributed by atoms with Crippen LogP contribution in [-0.2, 0) is 4.79 Å². The van der Waals surface area contributed by atoms with Crippen molar-refractivity contribution in [3.63, 3.8) is 0 Å². The van der Waals surface area contributed by atoms with E-state index in [1.807, 2.05) is 0 Å². The van der Waals surface area contributed by atoms with Crippen molar-refractivity contribution < 1.29 is 15.0 Å². The first-order valence-electron chi connectivity index (χ1n) is 3.07. The monoisotopic (exact) mass is 144 g/mol. The number of carboxylic acid groups (broad SMARTS) is 1. The third-order valence-electron chi connectivity index (χ3n) is 1.26. The van der Waals surface area contributed by atoms with Crippen LogP contribution in [0.1, 0.15) is 13.8 Å². The first-order chi connectivity index (χ1) is 4.46. The molecule has 0 fully saturated rings. The molecule has 0 radical (unpaired) electrons. The Balaban J connectivity index is 4.08. The summed E-state index contributed by atoms with van der Waals surface area (Å²) in [6.07, 6.45) is -0.933. The van der Waals surface area contributed by atoms with E-state index in [0.29, 0.717) is 0 Å². The van der Waals surface area contributed by atoms with Gasteiger partial charge in [-0.3, -0.25) is 0 Å². The molecule has 0 aromatic rings. The number of carboxylic acids is 1. The van der Waals surface area contributed by atoms with Crippen molar-refractivity contribution in [2.75, 3.05) is 0 Å². The van der Waals surface area contributed by atoms with Crippen LogP contribution in [-0.4, -0.2) is 22.3 Å². The maximum Gasteiger partial charge on any atom is 0.333 e. The average molecular weight is 144 g/mol. The van der Waals surface area contributed by atoms with Gasteiger partial charge in [0.2, 0.25) is 0 Å². The van der Waals surface area contributed by atoms with Crippen molar-refractivity contribution >= 4 is 5.97 Å². The summed E-state index contributed by atoms with van der Waals surface area (Å²) in [6, 6.07) is 0. The summed E-state index contributed by atoms with van der Waals surface area (Å²) < 4.78 is 0. The van der Waals surface area contributed by atoms with E-state index >= 15 is 0 Å². The normalized spacial score (nSPS) is 13.2. The van der Waals surface area contributed by atoms with Crippen LogP contribution in [0.5, 0.6) is 0 Å². The average Bonchev–Trinajstić information content (AvgIpc) is 1.84. The van der Waals surface area contributed by atoms with E-state index in [4.69, 9.17) is 10.2 Å². The van der Waals surface area contributed by atoms with Gasteiger partial charge in [0, 0.05) is 0 Å². The molecule has 0 spiro atoms. The van der Waals surface area contributed by atoms with E-state index in [0.717, 1.165) is 0 Å². The molecule has 2 N–H and O–H groups in total. The van der Waals surface area contributed by atoms with Crippen molar-refractivity contribution in [2.45, 2.75) is 20.0 Å². The SMILES string of the molecule is C=C(C(=O)O)[C@H](O)C(C)C. The molecule has 0 aliphatic carbocycles. The lowest BCUT2D eigenvalue weighted by molar-refractivity contribution is -0.134. The van der Waals surface area contributed by atoms with Crippen LogP contribution in [0.4, 0.5) is 0 Å². The molecule has 0 rings (SSSR count). The zero-order valence-electron chi connectivity index (χ0n) is 6.16. The predicted octanol–water partition coefficient (Wildman–Crippen LogP) is 0.644. The fourth-order valence-electron chi connectivity index (χ4n) is 0.529. The molecule has 0 aliphatic heterocycles. The molecule has 0 unspecified atom stereocenters. The second kappa shape index (κ2) is 3.37. The highest BCUT2D eigenvalue weighted by atomic mass is 16.4. The standard InChI is InChI=1S/C7H12O3/c1-4(2)6(8)5(3)7(9)10/h4,6,8H,3H2,1-2H3,(H,9,10)/t6-/m1/s1. The number of carbonyl (C=O) groups is 1. The van der Waals surface area contributed by atoms with Gasteiger partial charge in [-0.25, -0.2) is 4.79 Å². The van der Waals surface area contributed by atoms with Gasteiger partial charge in [0.1, 0.15) is 0 Å². The van der Waals surface area contributed by atoms with Crippen LogP contribution in [0.15, 0.2) is 12.2 Å². The Morgan fingerprint density at radius 2 is 1.90 bits per heavy atom. The maximum atomic E-state index is 10.2. The van der Waals surface area contributed by atoms with Crippen molar-refractivity contribution in [3.05, 3.63) is 12.2 Å². The molecular weight excluding hydrogens is 132 g/mol. The van der Waals surface area contributed by atoms with Gasteiger partial charge < -0.3 is 10.2 Å². The first kappa shape index (κ1) is 9.17. The summed E-state index contributed by atoms with van der Waals surface area (Å²) in [4.78, 5) is 10.2. The lowest BCUT2D eigenvalue weighted by Gasteiger charge is -2.13. The molecule has 0 saturated carbocycles. The largest absolute Gasteiger partial charge is 0.478 e. The highest BCUT2D eigenvalue weighted by molar-refractivity contribution is 5.86. The molecule has 3 nitrogen and oxygen atoms in total. The van der Waals surface area contributed by atoms with Crippen LogP contribution in [0.3, 0.4) is 0 Å². The quantitative estimate of drug-likeness (QED) is 0.571. The van der Waals surface area contributed by atoms with Crippen molar-refractivity contribution in [3.8, 4) is 0 Å². The molecule has 1 atom stereocenters. The fourth-order valence-corrected chi connectivity index (χ4v) is 0.529. The lowest BCUT2D eigenvalue weighted by atomic mass is 10.0. The van der Waals surface area contributed by atoms with Gasteiger partial charge >= 0.3 is 5.97 Å². The fraction of sp³-hybridized carbons (Fsp3) is 0.571. The van der Waals surface area contributed by atoms with Gasteiger partial charge in [-0.1, -0.05) is 20.4 Å². The third-order valence-corrected chi connectivity index (χ3v) is 1.26. The zero-order chi connectivity index (χ0) is 8.31. The van der Waals surface area contributed by atoms with E-state index in [-0.39, 0.29) is 11.5 Å². The lowest BCUT2D eigenvalue weighted by Crippen LogP contribution is -2.22. The number of hydrogen-bond acceptors (Lipinski definition) is 2. The zero-order valence-corrected chi connectivity index (χ0v) is 6.16. The van der Waals surface area contributed by atoms with Gasteiger partial charge in [0.25, 0.3) is 0 Å². The molecule has 10 heavy (non-hydrogen) atoms. The number of hydrogen-bond donors (Lipinski definition) is 2. The first-order valence-corrected chi connectivity index (χ1v) is 3.07. The molecular formula is C7H12O3. The second-order valence-corrected chi connectivity index (χ2v) is 2.52. The third kappa shape index (κ3) is 2.19.